The first-order valence-corrected chi connectivity index (χ1v) is 7.09. The molecule has 0 heterocycles. The molecule has 0 radical (unpaired) electrons. The first-order valence-electron chi connectivity index (χ1n) is 5.33. The fourth-order valence-electron chi connectivity index (χ4n) is 1.29. The summed E-state index contributed by atoms with van der Waals surface area (Å²) in [6.45, 7) is 6.16. The number of rotatable bonds is 4. The normalized spacial score (nSPS) is 15.1. The molecule has 0 bridgehead atoms. The average Bonchev–Trinajstić information content (AvgIpc) is 2.20. The van der Waals surface area contributed by atoms with E-state index in [-0.39, 0.29) is 5.25 Å². The molecule has 2 nitrogen and oxygen atoms in total. The van der Waals surface area contributed by atoms with Crippen LogP contribution >= 0.6 is 11.6 Å². The van der Waals surface area contributed by atoms with Gasteiger partial charge in [-0.1, -0.05) is 38.4 Å². The van der Waals surface area contributed by atoms with Gasteiger partial charge >= 0.3 is 0 Å². The van der Waals surface area contributed by atoms with Gasteiger partial charge in [0.2, 0.25) is 0 Å². The van der Waals surface area contributed by atoms with Gasteiger partial charge in [0.25, 0.3) is 0 Å². The van der Waals surface area contributed by atoms with Crippen LogP contribution in [0.2, 0.25) is 5.02 Å². The topological polar surface area (TPSA) is 43.1 Å². The number of nitrogen functional groups attached to an aromatic ring is 1. The lowest BCUT2D eigenvalue weighted by Crippen LogP contribution is -2.19. The van der Waals surface area contributed by atoms with Gasteiger partial charge in [-0.25, -0.2) is 0 Å². The smallest absolute Gasteiger partial charge is 0.0508 e. The van der Waals surface area contributed by atoms with Gasteiger partial charge < -0.3 is 5.73 Å². The quantitative estimate of drug-likeness (QED) is 0.844. The predicted molar refractivity (Wildman–Crippen MR) is 72.0 cm³/mol. The maximum Gasteiger partial charge on any atom is 0.0508 e. The molecule has 16 heavy (non-hydrogen) atoms. The zero-order valence-corrected chi connectivity index (χ0v) is 11.4. The van der Waals surface area contributed by atoms with Crippen molar-refractivity contribution in [1.29, 1.82) is 0 Å². The van der Waals surface area contributed by atoms with E-state index in [2.05, 4.69) is 13.8 Å². The summed E-state index contributed by atoms with van der Waals surface area (Å²) in [6.07, 6.45) is 0. The molecule has 0 saturated carbocycles. The van der Waals surface area contributed by atoms with E-state index >= 15 is 0 Å². The van der Waals surface area contributed by atoms with Crippen molar-refractivity contribution >= 4 is 28.1 Å². The molecule has 0 aliphatic carbocycles. The fourth-order valence-corrected chi connectivity index (χ4v) is 2.91. The molecule has 2 N–H and O–H groups in total. The molecule has 1 aromatic rings. The molecule has 4 heteroatoms. The second kappa shape index (κ2) is 5.69. The standard InChI is InChI=1S/C12H18ClNOS/c1-8(2)9(3)16(15)7-10-4-5-11(13)6-12(10)14/h4-6,8-9H,7,14H2,1-3H3. The second-order valence-electron chi connectivity index (χ2n) is 4.32. The molecule has 0 amide bonds. The lowest BCUT2D eigenvalue weighted by atomic mass is 10.2. The summed E-state index contributed by atoms with van der Waals surface area (Å²) in [5.41, 5.74) is 7.36. The Morgan fingerprint density at radius 2 is 2.00 bits per heavy atom. The molecule has 0 fully saturated rings. The van der Waals surface area contributed by atoms with Crippen LogP contribution in [0, 0.1) is 5.92 Å². The third kappa shape index (κ3) is 3.49. The zero-order valence-electron chi connectivity index (χ0n) is 9.87. The van der Waals surface area contributed by atoms with Crippen molar-refractivity contribution in [2.75, 3.05) is 5.73 Å². The third-order valence-corrected chi connectivity index (χ3v) is 4.96. The maximum absolute atomic E-state index is 12.0. The molecule has 0 aliphatic rings. The van der Waals surface area contributed by atoms with E-state index in [1.807, 2.05) is 13.0 Å². The van der Waals surface area contributed by atoms with Gasteiger partial charge in [-0.15, -0.1) is 0 Å². The minimum Gasteiger partial charge on any atom is -0.398 e. The van der Waals surface area contributed by atoms with Gasteiger partial charge in [0, 0.05) is 26.8 Å². The van der Waals surface area contributed by atoms with Crippen LogP contribution in [0.3, 0.4) is 0 Å². The Morgan fingerprint density at radius 3 is 2.50 bits per heavy atom. The molecule has 0 aromatic heterocycles. The highest BCUT2D eigenvalue weighted by Gasteiger charge is 2.16. The fraction of sp³-hybridized carbons (Fsp3) is 0.500. The van der Waals surface area contributed by atoms with E-state index < -0.39 is 10.8 Å². The number of benzene rings is 1. The van der Waals surface area contributed by atoms with Crippen molar-refractivity contribution in [2.24, 2.45) is 5.92 Å². The summed E-state index contributed by atoms with van der Waals surface area (Å²) in [5.74, 6) is 0.914. The summed E-state index contributed by atoms with van der Waals surface area (Å²) < 4.78 is 12.0. The SMILES string of the molecule is CC(C)C(C)S(=O)Cc1ccc(Cl)cc1N. The first-order chi connectivity index (χ1) is 7.41. The van der Waals surface area contributed by atoms with Crippen molar-refractivity contribution in [3.63, 3.8) is 0 Å². The van der Waals surface area contributed by atoms with Crippen LogP contribution in [0.25, 0.3) is 0 Å². The highest BCUT2D eigenvalue weighted by atomic mass is 35.5. The van der Waals surface area contributed by atoms with E-state index in [0.717, 1.165) is 5.56 Å². The van der Waals surface area contributed by atoms with Crippen molar-refractivity contribution in [2.45, 2.75) is 31.8 Å². The number of halogens is 1. The van der Waals surface area contributed by atoms with Crippen LogP contribution in [0.4, 0.5) is 5.69 Å². The van der Waals surface area contributed by atoms with E-state index in [4.69, 9.17) is 17.3 Å². The van der Waals surface area contributed by atoms with Crippen molar-refractivity contribution in [1.82, 2.24) is 0 Å². The number of hydrogen-bond acceptors (Lipinski definition) is 2. The van der Waals surface area contributed by atoms with Crippen LogP contribution < -0.4 is 5.73 Å². The number of nitrogens with two attached hydrogens (primary N) is 1. The highest BCUT2D eigenvalue weighted by Crippen LogP contribution is 2.21. The Labute approximate surface area is 105 Å². The molecule has 2 unspecified atom stereocenters. The molecule has 90 valence electrons. The van der Waals surface area contributed by atoms with E-state index in [1.165, 1.54) is 0 Å². The van der Waals surface area contributed by atoms with Crippen LogP contribution in [0.15, 0.2) is 18.2 Å². The molecule has 0 saturated heterocycles. The van der Waals surface area contributed by atoms with Gasteiger partial charge in [0.1, 0.15) is 0 Å². The van der Waals surface area contributed by atoms with Crippen molar-refractivity contribution < 1.29 is 4.21 Å². The van der Waals surface area contributed by atoms with E-state index in [1.54, 1.807) is 12.1 Å². The molecule has 1 aromatic carbocycles. The maximum atomic E-state index is 12.0. The summed E-state index contributed by atoms with van der Waals surface area (Å²) >= 11 is 5.81. The van der Waals surface area contributed by atoms with Gasteiger partial charge in [0.15, 0.2) is 0 Å². The lowest BCUT2D eigenvalue weighted by Gasteiger charge is -2.15. The number of hydrogen-bond donors (Lipinski definition) is 1. The Morgan fingerprint density at radius 1 is 1.38 bits per heavy atom. The van der Waals surface area contributed by atoms with Crippen LogP contribution in [-0.4, -0.2) is 9.46 Å². The van der Waals surface area contributed by atoms with Crippen molar-refractivity contribution in [3.05, 3.63) is 28.8 Å². The predicted octanol–water partition coefficient (Wildman–Crippen LogP) is 3.22. The molecule has 2 atom stereocenters. The van der Waals surface area contributed by atoms with E-state index in [0.29, 0.717) is 22.4 Å². The Kier molecular flexibility index (Phi) is 4.81. The minimum atomic E-state index is -0.886. The zero-order chi connectivity index (χ0) is 12.3. The third-order valence-electron chi connectivity index (χ3n) is 2.76. The Bertz CT molecular complexity index is 393. The largest absolute Gasteiger partial charge is 0.398 e. The molecular formula is C12H18ClNOS. The van der Waals surface area contributed by atoms with Gasteiger partial charge in [-0.3, -0.25) is 4.21 Å². The minimum absolute atomic E-state index is 0.176. The van der Waals surface area contributed by atoms with Gasteiger partial charge in [0.05, 0.1) is 5.75 Å². The summed E-state index contributed by atoms with van der Waals surface area (Å²) in [7, 11) is -0.886. The van der Waals surface area contributed by atoms with Crippen LogP contribution in [-0.2, 0) is 16.6 Å². The first kappa shape index (κ1) is 13.5. The van der Waals surface area contributed by atoms with Crippen LogP contribution in [0.5, 0.6) is 0 Å². The monoisotopic (exact) mass is 259 g/mol. The summed E-state index contributed by atoms with van der Waals surface area (Å²) in [4.78, 5) is 0. The van der Waals surface area contributed by atoms with Crippen LogP contribution in [0.1, 0.15) is 26.3 Å². The molecule has 0 aliphatic heterocycles. The second-order valence-corrected chi connectivity index (χ2v) is 6.55. The van der Waals surface area contributed by atoms with Gasteiger partial charge in [-0.05, 0) is 23.6 Å². The molecule has 0 spiro atoms. The summed E-state index contributed by atoms with van der Waals surface area (Å²) in [5, 5.41) is 0.791. The lowest BCUT2D eigenvalue weighted by molar-refractivity contribution is 0.605. The van der Waals surface area contributed by atoms with E-state index in [9.17, 15) is 4.21 Å². The average molecular weight is 260 g/mol. The summed E-state index contributed by atoms with van der Waals surface area (Å²) in [6, 6.07) is 5.33. The Hall–Kier alpha value is -0.540. The Balaban J connectivity index is 2.77. The van der Waals surface area contributed by atoms with Crippen molar-refractivity contribution in [3.8, 4) is 0 Å². The highest BCUT2D eigenvalue weighted by molar-refractivity contribution is 7.84. The van der Waals surface area contributed by atoms with Gasteiger partial charge in [-0.2, -0.15) is 0 Å². The number of anilines is 1. The molecule has 1 rings (SSSR count). The molecular weight excluding hydrogens is 242 g/mol.